The van der Waals surface area contributed by atoms with Crippen LogP contribution < -0.4 is 31.8 Å². The Hall–Kier alpha value is -8.97. The molecule has 0 saturated carbocycles. The number of benzene rings is 6. The number of nitrogens with zero attached hydrogens (tertiary/aromatic N) is 5. The number of likely N-dealkylation sites (N-methyl/N-ethyl adjacent to an activating group) is 2. The Morgan fingerprint density at radius 1 is 0.576 bits per heavy atom. The van der Waals surface area contributed by atoms with E-state index in [1.54, 1.807) is 70.5 Å². The highest BCUT2D eigenvalue weighted by atomic mass is 31.2. The Kier molecular flexibility index (Phi) is 20.2. The maximum absolute atomic E-state index is 13.5. The average molecular weight is 1180 g/mol. The number of ether oxygens (including phenoxy) is 2. The molecule has 2 aromatic heterocycles. The minimum absolute atomic E-state index is 0.135. The predicted molar refractivity (Wildman–Crippen MR) is 322 cm³/mol. The van der Waals surface area contributed by atoms with Gasteiger partial charge in [-0.2, -0.15) is 0 Å². The van der Waals surface area contributed by atoms with Gasteiger partial charge in [-0.15, -0.1) is 0 Å². The Bertz CT molecular complexity index is 3700. The van der Waals surface area contributed by atoms with Crippen molar-refractivity contribution >= 4 is 75.0 Å². The molecule has 444 valence electrons. The number of methoxy groups -OCH3 is 2. The van der Waals surface area contributed by atoms with Gasteiger partial charge in [-0.05, 0) is 122 Å². The molecule has 5 N–H and O–H groups in total. The van der Waals surface area contributed by atoms with Crippen LogP contribution in [0, 0.1) is 23.5 Å². The van der Waals surface area contributed by atoms with E-state index in [9.17, 15) is 42.1 Å². The van der Waals surface area contributed by atoms with Crippen LogP contribution in [0.2, 0.25) is 0 Å². The van der Waals surface area contributed by atoms with Crippen molar-refractivity contribution in [1.29, 1.82) is 0 Å². The summed E-state index contributed by atoms with van der Waals surface area (Å²) in [7, 11) is 5.88. The summed E-state index contributed by atoms with van der Waals surface area (Å²) in [6, 6.07) is 37.6. The highest BCUT2D eigenvalue weighted by Gasteiger charge is 2.32. The van der Waals surface area contributed by atoms with Crippen LogP contribution in [0.1, 0.15) is 78.2 Å². The second-order valence-corrected chi connectivity index (χ2v) is 23.7. The summed E-state index contributed by atoms with van der Waals surface area (Å²) in [4.78, 5) is 85.7. The minimum Gasteiger partial charge on any atom is -0.496 e. The lowest BCUT2D eigenvalue weighted by Crippen LogP contribution is -2.39. The number of H-pyrrole nitrogens is 1. The summed E-state index contributed by atoms with van der Waals surface area (Å²) in [6.45, 7) is 2.36. The number of amides is 4. The van der Waals surface area contributed by atoms with Crippen LogP contribution >= 0.6 is 7.37 Å². The van der Waals surface area contributed by atoms with Crippen LogP contribution in [-0.2, 0) is 31.6 Å². The molecule has 2 saturated heterocycles. The van der Waals surface area contributed by atoms with Gasteiger partial charge in [0.15, 0.2) is 0 Å². The zero-order chi connectivity index (χ0) is 61.1. The summed E-state index contributed by atoms with van der Waals surface area (Å²) in [6.07, 6.45) is 7.92. The number of hydrogen-bond donors (Lipinski definition) is 3. The number of carbonyl (C=O) groups excluding carboxylic acids is 6. The molecule has 0 unspecified atom stereocenters. The van der Waals surface area contributed by atoms with Gasteiger partial charge >= 0.3 is 0 Å². The predicted octanol–water partition coefficient (Wildman–Crippen LogP) is 8.36. The van der Waals surface area contributed by atoms with Crippen molar-refractivity contribution in [3.63, 3.8) is 0 Å². The second kappa shape index (κ2) is 27.6. The van der Waals surface area contributed by atoms with Crippen LogP contribution in [0.4, 0.5) is 8.78 Å². The van der Waals surface area contributed by atoms with Gasteiger partial charge in [-0.25, -0.2) is 19.3 Å². The van der Waals surface area contributed by atoms with Crippen LogP contribution in [0.15, 0.2) is 146 Å². The summed E-state index contributed by atoms with van der Waals surface area (Å²) >= 11 is 0. The van der Waals surface area contributed by atoms with Crippen LogP contribution in [0.25, 0.3) is 21.8 Å². The van der Waals surface area contributed by atoms with E-state index < -0.39 is 30.7 Å². The summed E-state index contributed by atoms with van der Waals surface area (Å²) < 4.78 is 55.9. The quantitative estimate of drug-likeness (QED) is 0.0289. The van der Waals surface area contributed by atoms with Crippen molar-refractivity contribution in [2.45, 2.75) is 38.5 Å². The molecule has 85 heavy (non-hydrogen) atoms. The van der Waals surface area contributed by atoms with Gasteiger partial charge in [0.05, 0.1) is 42.0 Å². The largest absolute Gasteiger partial charge is 0.496 e. The van der Waals surface area contributed by atoms with Crippen LogP contribution in [0.5, 0.6) is 11.5 Å². The lowest BCUT2D eigenvalue weighted by molar-refractivity contribution is -0.124. The minimum atomic E-state index is -3.13. The number of nitrogens with two attached hydrogens (primary N) is 2. The molecule has 21 heteroatoms. The first-order chi connectivity index (χ1) is 40.7. The van der Waals surface area contributed by atoms with Gasteiger partial charge in [-0.3, -0.25) is 38.0 Å². The molecule has 0 spiro atoms. The Labute approximate surface area is 491 Å². The zero-order valence-corrected chi connectivity index (χ0v) is 49.2. The highest BCUT2D eigenvalue weighted by molar-refractivity contribution is 7.74. The topological polar surface area (TPSA) is 233 Å². The normalized spacial score (nSPS) is 13.7. The first-order valence-corrected chi connectivity index (χ1v) is 29.2. The fraction of sp³-hybridized carbons (Fsp3) is 0.281. The number of halogens is 2. The van der Waals surface area contributed by atoms with Gasteiger partial charge in [0.25, 0.3) is 42.6 Å². The number of nitrogen functional groups attached to an aromatic ring is 1. The number of rotatable bonds is 15. The molecular formula is C64H69F2N8O10P. The third-order valence-electron chi connectivity index (χ3n) is 15.3. The summed E-state index contributed by atoms with van der Waals surface area (Å²) in [5, 5.41) is 2.13. The maximum Gasteiger partial charge on any atom is 0.294 e. The summed E-state index contributed by atoms with van der Waals surface area (Å²) in [5.41, 5.74) is 4.30. The number of aromatic amines is 1. The fourth-order valence-electron chi connectivity index (χ4n) is 10.6. The molecule has 2 aliphatic rings. The van der Waals surface area contributed by atoms with Gasteiger partial charge in [0.1, 0.15) is 23.1 Å². The number of likely N-dealkylation sites (tertiary alicyclic amines) is 2. The number of hydrogen-bond acceptors (Lipinski definition) is 12. The molecule has 0 aliphatic carbocycles. The highest BCUT2D eigenvalue weighted by Crippen LogP contribution is 2.42. The lowest BCUT2D eigenvalue weighted by atomic mass is 9.90. The molecule has 2 aliphatic heterocycles. The molecule has 6 aromatic carbocycles. The number of carbonyl (C=O) groups is 6. The van der Waals surface area contributed by atoms with Crippen molar-refractivity contribution in [3.8, 4) is 11.5 Å². The van der Waals surface area contributed by atoms with Gasteiger partial charge in [-0.1, -0.05) is 60.7 Å². The molecule has 0 radical (unpaired) electrons. The van der Waals surface area contributed by atoms with Crippen molar-refractivity contribution in [3.05, 3.63) is 191 Å². The Balaban J connectivity index is 0.000000177. The van der Waals surface area contributed by atoms with E-state index >= 15 is 0 Å². The number of fused-ring (bicyclic) bond motifs is 2. The number of nitrogens with one attached hydrogen (secondary N) is 1. The molecule has 8 aromatic rings. The number of Topliss-reactive ketones (excluding diaryl/α,β-unsaturated/α-hetero) is 2. The zero-order valence-electron chi connectivity index (χ0n) is 48.3. The van der Waals surface area contributed by atoms with Crippen LogP contribution in [0.3, 0.4) is 0 Å². The van der Waals surface area contributed by atoms with Crippen molar-refractivity contribution < 1.29 is 56.2 Å². The second-order valence-electron chi connectivity index (χ2n) is 21.3. The first-order valence-electron chi connectivity index (χ1n) is 27.6. The molecule has 0 bridgehead atoms. The Morgan fingerprint density at radius 3 is 1.40 bits per heavy atom. The van der Waals surface area contributed by atoms with Gasteiger partial charge in [0, 0.05) is 106 Å². The lowest BCUT2D eigenvalue weighted by Gasteiger charge is -2.32. The molecule has 2 fully saturated rings. The molecule has 4 heterocycles. The number of aromatic nitrogens is 2. The van der Waals surface area contributed by atoms with Crippen LogP contribution in [-0.4, -0.2) is 133 Å². The molecule has 4 amide bonds. The van der Waals surface area contributed by atoms with E-state index in [1.165, 1.54) is 93.5 Å². The average Bonchev–Trinajstić information content (AvgIpc) is 2.20. The van der Waals surface area contributed by atoms with Gasteiger partial charge in [0.2, 0.25) is 0 Å². The fourth-order valence-corrected chi connectivity index (χ4v) is 12.2. The van der Waals surface area contributed by atoms with Crippen molar-refractivity contribution in [2.24, 2.45) is 17.7 Å². The van der Waals surface area contributed by atoms with E-state index in [-0.39, 0.29) is 34.6 Å². The molecule has 10 rings (SSSR count). The third kappa shape index (κ3) is 14.3. The molecule has 18 nitrogen and oxygen atoms in total. The van der Waals surface area contributed by atoms with E-state index in [4.69, 9.17) is 25.8 Å². The standard InChI is InChI=1S/C26H29FN4O4.C26H28FN3O4.C12H12NO2P/c1-29(2)26(34)24(32)21-15-31(28)22-14-23(35-3)20(13-19(21)22)25(33)30-10-8-17(9-11-30)12-16-4-6-18(27)7-5-16;1-29(2)26(33)24(31)21-15-28-22-14-23(34-3)20(13-19(21)22)25(32)30-10-8-17(9-11-30)12-16-4-6-18(27)7-5-16;13-15-16(14,11-7-3-1-4-8-11)12-9-5-2-6-10-12/h4-7,13-15,17H,8-12,28H2,1-3H3;4-7,13-15,17,28H,8-12H2,1-3H3;1-10H,13H2. The smallest absolute Gasteiger partial charge is 0.294 e. The third-order valence-corrected chi connectivity index (χ3v) is 17.6. The Morgan fingerprint density at radius 2 is 0.988 bits per heavy atom. The number of piperidine rings is 2. The monoisotopic (exact) mass is 1180 g/mol. The SMILES string of the molecule is COc1cc2[nH]cc(C(=O)C(=O)N(C)C)c2cc1C(=O)N1CCC(Cc2ccc(F)cc2)CC1.COc1cc2c(cc1C(=O)N1CCC(Cc3ccc(F)cc3)CC1)c(C(=O)C(=O)N(C)C)cn2N.NOP(=O)(c1ccccc1)c1ccccc1. The summed E-state index contributed by atoms with van der Waals surface area (Å²) in [5.74, 6) is 9.32. The maximum atomic E-state index is 13.5. The molecule has 0 atom stereocenters. The van der Waals surface area contributed by atoms with E-state index in [0.717, 1.165) is 49.7 Å². The van der Waals surface area contributed by atoms with E-state index in [0.29, 0.717) is 93.1 Å². The van der Waals surface area contributed by atoms with E-state index in [1.807, 2.05) is 48.5 Å². The van der Waals surface area contributed by atoms with Crippen molar-refractivity contribution in [2.75, 3.05) is 74.4 Å². The molecular weight excluding hydrogens is 1110 g/mol. The van der Waals surface area contributed by atoms with E-state index in [2.05, 4.69) is 4.98 Å². The van der Waals surface area contributed by atoms with Gasteiger partial charge < -0.3 is 39.9 Å². The van der Waals surface area contributed by atoms with Crippen molar-refractivity contribution in [1.82, 2.24) is 29.3 Å². The number of ketones is 2. The first kappa shape index (κ1) is 62.1.